The van der Waals surface area contributed by atoms with Gasteiger partial charge in [-0.15, -0.1) is 11.3 Å². The third-order valence-electron chi connectivity index (χ3n) is 1.85. The summed E-state index contributed by atoms with van der Waals surface area (Å²) in [4.78, 5) is 2.81. The Bertz CT molecular complexity index is 495. The first-order valence-electron chi connectivity index (χ1n) is 3.84. The molecule has 1 aromatic heterocycles. The molecule has 0 saturated carbocycles. The zero-order valence-corrected chi connectivity index (χ0v) is 7.88. The van der Waals surface area contributed by atoms with Crippen LogP contribution in [0, 0.1) is 6.92 Å². The number of benzene rings is 1. The second-order valence-corrected chi connectivity index (χ2v) is 3.75. The molecular weight excluding hydrogens is 182 g/mol. The second kappa shape index (κ2) is 3.09. The van der Waals surface area contributed by atoms with Crippen LogP contribution in [0.5, 0.6) is 0 Å². The molecule has 0 aliphatic heterocycles. The highest BCUT2D eigenvalue weighted by Gasteiger charge is 2.00. The van der Waals surface area contributed by atoms with Crippen LogP contribution in [-0.4, -0.2) is 0 Å². The minimum Gasteiger partial charge on any atom is -0.144 e. The van der Waals surface area contributed by atoms with Crippen molar-refractivity contribution in [1.29, 1.82) is 0 Å². The van der Waals surface area contributed by atoms with Gasteiger partial charge in [0, 0.05) is 20.7 Å². The number of hydrogen-bond donors (Lipinski definition) is 0. The molecule has 3 nitrogen and oxygen atoms in total. The van der Waals surface area contributed by atoms with Gasteiger partial charge in [-0.1, -0.05) is 5.11 Å². The Kier molecular flexibility index (Phi) is 1.93. The van der Waals surface area contributed by atoms with Gasteiger partial charge in [0.25, 0.3) is 0 Å². The molecule has 4 heteroatoms. The molecule has 1 heterocycles. The summed E-state index contributed by atoms with van der Waals surface area (Å²) in [5, 5.41) is 6.69. The van der Waals surface area contributed by atoms with Crippen molar-refractivity contribution in [3.8, 4) is 0 Å². The molecule has 2 rings (SSSR count). The van der Waals surface area contributed by atoms with E-state index in [0.29, 0.717) is 0 Å². The molecule has 0 unspecified atom stereocenters. The minimum absolute atomic E-state index is 0.721. The molecule has 2 aromatic rings. The molecule has 13 heavy (non-hydrogen) atoms. The summed E-state index contributed by atoms with van der Waals surface area (Å²) in [5.41, 5.74) is 10.2. The molecule has 0 aliphatic carbocycles. The second-order valence-electron chi connectivity index (χ2n) is 2.81. The maximum Gasteiger partial charge on any atom is 0.0464 e. The Hall–Kier alpha value is -1.51. The van der Waals surface area contributed by atoms with E-state index in [0.717, 1.165) is 16.6 Å². The topological polar surface area (TPSA) is 48.8 Å². The van der Waals surface area contributed by atoms with Crippen LogP contribution in [0.3, 0.4) is 0 Å². The normalized spacial score (nSPS) is 9.92. The Labute approximate surface area is 79.3 Å². The monoisotopic (exact) mass is 189 g/mol. The highest BCUT2D eigenvalue weighted by molar-refractivity contribution is 7.17. The number of nitrogens with zero attached hydrogens (tertiary/aromatic N) is 3. The predicted octanol–water partition coefficient (Wildman–Crippen LogP) is 4.15. The zero-order chi connectivity index (χ0) is 9.26. The summed E-state index contributed by atoms with van der Waals surface area (Å²) in [7, 11) is 0. The van der Waals surface area contributed by atoms with Gasteiger partial charge in [0.2, 0.25) is 0 Å². The first kappa shape index (κ1) is 8.10. The van der Waals surface area contributed by atoms with Crippen LogP contribution < -0.4 is 0 Å². The quantitative estimate of drug-likeness (QED) is 0.367. The van der Waals surface area contributed by atoms with Crippen LogP contribution in [0.25, 0.3) is 20.5 Å². The largest absolute Gasteiger partial charge is 0.144 e. The van der Waals surface area contributed by atoms with E-state index in [2.05, 4.69) is 16.1 Å². The fraction of sp³-hybridized carbons (Fsp3) is 0.111. The smallest absolute Gasteiger partial charge is 0.0464 e. The third-order valence-corrected chi connectivity index (χ3v) is 2.71. The van der Waals surface area contributed by atoms with Gasteiger partial charge in [0.1, 0.15) is 0 Å². The van der Waals surface area contributed by atoms with Crippen molar-refractivity contribution >= 4 is 27.1 Å². The van der Waals surface area contributed by atoms with E-state index in [9.17, 15) is 0 Å². The van der Waals surface area contributed by atoms with Gasteiger partial charge in [0.15, 0.2) is 0 Å². The summed E-state index contributed by atoms with van der Waals surface area (Å²) in [6.07, 6.45) is 0. The lowest BCUT2D eigenvalue weighted by Crippen LogP contribution is -1.70. The molecule has 1 aromatic carbocycles. The van der Waals surface area contributed by atoms with Crippen LogP contribution in [0.1, 0.15) is 5.56 Å². The fourth-order valence-electron chi connectivity index (χ4n) is 1.32. The van der Waals surface area contributed by atoms with E-state index in [-0.39, 0.29) is 0 Å². The van der Waals surface area contributed by atoms with Gasteiger partial charge in [0.05, 0.1) is 0 Å². The Morgan fingerprint density at radius 3 is 3.08 bits per heavy atom. The maximum atomic E-state index is 8.37. The van der Waals surface area contributed by atoms with Gasteiger partial charge in [-0.3, -0.25) is 0 Å². The van der Waals surface area contributed by atoms with E-state index in [1.165, 1.54) is 4.70 Å². The van der Waals surface area contributed by atoms with Crippen molar-refractivity contribution in [3.05, 3.63) is 39.6 Å². The summed E-state index contributed by atoms with van der Waals surface area (Å²) < 4.78 is 1.17. The lowest BCUT2D eigenvalue weighted by Gasteiger charge is -1.97. The van der Waals surface area contributed by atoms with Crippen molar-refractivity contribution in [1.82, 2.24) is 0 Å². The van der Waals surface area contributed by atoms with E-state index in [1.807, 2.05) is 24.4 Å². The van der Waals surface area contributed by atoms with Gasteiger partial charge in [-0.2, -0.15) is 0 Å². The molecule has 0 spiro atoms. The van der Waals surface area contributed by atoms with Crippen molar-refractivity contribution in [2.45, 2.75) is 6.92 Å². The predicted molar refractivity (Wildman–Crippen MR) is 55.4 cm³/mol. The van der Waals surface area contributed by atoms with Gasteiger partial charge in [-0.05, 0) is 41.6 Å². The van der Waals surface area contributed by atoms with Crippen molar-refractivity contribution in [2.75, 3.05) is 0 Å². The van der Waals surface area contributed by atoms with Gasteiger partial charge >= 0.3 is 0 Å². The van der Waals surface area contributed by atoms with Crippen LogP contribution in [0.4, 0.5) is 5.69 Å². The zero-order valence-electron chi connectivity index (χ0n) is 7.06. The molecule has 0 saturated heterocycles. The highest BCUT2D eigenvalue weighted by atomic mass is 32.1. The number of aryl methyl sites for hydroxylation is 1. The minimum atomic E-state index is 0.721. The first-order chi connectivity index (χ1) is 6.31. The standard InChI is InChI=1S/C9H7N3S/c1-6-4-8(11-12-10)7-2-3-13-9(7)5-6/h2-5H,1H3. The summed E-state index contributed by atoms with van der Waals surface area (Å²) >= 11 is 1.66. The molecule has 0 atom stereocenters. The first-order valence-corrected chi connectivity index (χ1v) is 4.72. The Morgan fingerprint density at radius 1 is 1.46 bits per heavy atom. The van der Waals surface area contributed by atoms with Crippen LogP contribution >= 0.6 is 11.3 Å². The summed E-state index contributed by atoms with van der Waals surface area (Å²) in [5.74, 6) is 0. The van der Waals surface area contributed by atoms with Crippen molar-refractivity contribution in [3.63, 3.8) is 0 Å². The number of rotatable bonds is 1. The van der Waals surface area contributed by atoms with Crippen LogP contribution in [0.2, 0.25) is 0 Å². The average Bonchev–Trinajstić information content (AvgIpc) is 2.52. The summed E-state index contributed by atoms with van der Waals surface area (Å²) in [6.45, 7) is 2.00. The molecule has 0 amide bonds. The van der Waals surface area contributed by atoms with E-state index in [1.54, 1.807) is 11.3 Å². The number of thiophene rings is 1. The van der Waals surface area contributed by atoms with Crippen molar-refractivity contribution in [2.24, 2.45) is 5.11 Å². The maximum absolute atomic E-state index is 8.37. The van der Waals surface area contributed by atoms with Crippen LogP contribution in [-0.2, 0) is 0 Å². The van der Waals surface area contributed by atoms with E-state index in [4.69, 9.17) is 5.53 Å². The highest BCUT2D eigenvalue weighted by Crippen LogP contribution is 2.31. The van der Waals surface area contributed by atoms with E-state index >= 15 is 0 Å². The average molecular weight is 189 g/mol. The van der Waals surface area contributed by atoms with Gasteiger partial charge in [-0.25, -0.2) is 0 Å². The molecular formula is C9H7N3S. The number of fused-ring (bicyclic) bond motifs is 1. The molecule has 0 radical (unpaired) electrons. The third kappa shape index (κ3) is 1.37. The molecule has 0 fully saturated rings. The fourth-order valence-corrected chi connectivity index (χ4v) is 2.22. The Morgan fingerprint density at radius 2 is 2.31 bits per heavy atom. The molecule has 0 N–H and O–H groups in total. The molecule has 64 valence electrons. The lowest BCUT2D eigenvalue weighted by molar-refractivity contribution is 1.45. The molecule has 0 bridgehead atoms. The Balaban J connectivity index is 2.84. The SMILES string of the molecule is Cc1cc(N=[N+]=[N-])c2ccsc2c1. The van der Waals surface area contributed by atoms with E-state index < -0.39 is 0 Å². The number of hydrogen-bond acceptors (Lipinski definition) is 2. The summed E-state index contributed by atoms with van der Waals surface area (Å²) in [6, 6.07) is 5.97. The van der Waals surface area contributed by atoms with Crippen LogP contribution in [0.15, 0.2) is 28.7 Å². The van der Waals surface area contributed by atoms with Gasteiger partial charge < -0.3 is 0 Å². The lowest BCUT2D eigenvalue weighted by atomic mass is 10.1. The molecule has 0 aliphatic rings. The number of azide groups is 1. The van der Waals surface area contributed by atoms with Crippen molar-refractivity contribution < 1.29 is 0 Å².